The normalized spacial score (nSPS) is 23.1. The van der Waals surface area contributed by atoms with E-state index in [0.29, 0.717) is 12.0 Å². The van der Waals surface area contributed by atoms with Gasteiger partial charge in [0.15, 0.2) is 0 Å². The lowest BCUT2D eigenvalue weighted by molar-refractivity contribution is 0.129. The van der Waals surface area contributed by atoms with Crippen molar-refractivity contribution in [2.24, 2.45) is 5.92 Å². The van der Waals surface area contributed by atoms with Gasteiger partial charge in [0.25, 0.3) is 0 Å². The van der Waals surface area contributed by atoms with Crippen LogP contribution in [0.25, 0.3) is 0 Å². The van der Waals surface area contributed by atoms with Gasteiger partial charge in [-0.25, -0.2) is 4.98 Å². The number of ether oxygens (including phenoxy) is 1. The number of rotatable bonds is 5. The van der Waals surface area contributed by atoms with Crippen molar-refractivity contribution in [3.63, 3.8) is 0 Å². The topological polar surface area (TPSA) is 34.1 Å². The molecule has 3 heteroatoms. The van der Waals surface area contributed by atoms with E-state index in [-0.39, 0.29) is 0 Å². The number of pyridine rings is 1. The van der Waals surface area contributed by atoms with E-state index >= 15 is 0 Å². The average Bonchev–Trinajstić information content (AvgIpc) is 2.41. The Labute approximate surface area is 123 Å². The van der Waals surface area contributed by atoms with Gasteiger partial charge in [-0.05, 0) is 56.2 Å². The quantitative estimate of drug-likeness (QED) is 0.886. The number of aromatic nitrogens is 1. The van der Waals surface area contributed by atoms with Crippen molar-refractivity contribution in [3.8, 4) is 5.88 Å². The molecule has 0 atom stereocenters. The van der Waals surface area contributed by atoms with Crippen LogP contribution in [0.1, 0.15) is 63.6 Å². The first-order chi connectivity index (χ1) is 9.58. The summed E-state index contributed by atoms with van der Waals surface area (Å²) in [6, 6.07) is 4.26. The zero-order valence-corrected chi connectivity index (χ0v) is 13.3. The van der Waals surface area contributed by atoms with Gasteiger partial charge in [0.05, 0.1) is 0 Å². The Morgan fingerprint density at radius 2 is 1.95 bits per heavy atom. The minimum absolute atomic E-state index is 0.351. The molecule has 0 bridgehead atoms. The maximum atomic E-state index is 6.14. The highest BCUT2D eigenvalue weighted by atomic mass is 16.5. The standard InChI is InChI=1S/C17H28N2O/c1-12(2)16-9-14(11-18-4)10-17(19-16)20-15-7-5-13(3)6-8-15/h9-10,12-13,15,18H,5-8,11H2,1-4H3. The van der Waals surface area contributed by atoms with Crippen molar-refractivity contribution < 1.29 is 4.74 Å². The van der Waals surface area contributed by atoms with Gasteiger partial charge in [-0.15, -0.1) is 0 Å². The molecule has 0 saturated heterocycles. The molecular formula is C17H28N2O. The number of nitrogens with zero attached hydrogens (tertiary/aromatic N) is 1. The lowest BCUT2D eigenvalue weighted by atomic mass is 9.89. The van der Waals surface area contributed by atoms with Gasteiger partial charge in [-0.1, -0.05) is 20.8 Å². The highest BCUT2D eigenvalue weighted by Gasteiger charge is 2.20. The predicted octanol–water partition coefficient (Wildman–Crippen LogP) is 3.88. The molecule has 112 valence electrons. The smallest absolute Gasteiger partial charge is 0.214 e. The van der Waals surface area contributed by atoms with Crippen LogP contribution < -0.4 is 10.1 Å². The van der Waals surface area contributed by atoms with Crippen molar-refractivity contribution in [2.75, 3.05) is 7.05 Å². The summed E-state index contributed by atoms with van der Waals surface area (Å²) in [4.78, 5) is 4.68. The average molecular weight is 276 g/mol. The molecular weight excluding hydrogens is 248 g/mol. The van der Waals surface area contributed by atoms with Gasteiger partial charge in [-0.3, -0.25) is 0 Å². The number of nitrogens with one attached hydrogen (secondary N) is 1. The molecule has 1 aliphatic rings. The van der Waals surface area contributed by atoms with E-state index in [2.05, 4.69) is 43.2 Å². The van der Waals surface area contributed by atoms with Crippen molar-refractivity contribution in [1.29, 1.82) is 0 Å². The lowest BCUT2D eigenvalue weighted by Gasteiger charge is -2.26. The summed E-state index contributed by atoms with van der Waals surface area (Å²) in [5.74, 6) is 2.09. The molecule has 0 radical (unpaired) electrons. The second-order valence-electron chi connectivity index (χ2n) is 6.42. The molecule has 0 aromatic carbocycles. The SMILES string of the molecule is CNCc1cc(OC2CCC(C)CC2)nc(C(C)C)c1. The third-order valence-corrected chi connectivity index (χ3v) is 4.10. The third-order valence-electron chi connectivity index (χ3n) is 4.10. The van der Waals surface area contributed by atoms with Crippen LogP contribution in [0.2, 0.25) is 0 Å². The molecule has 0 amide bonds. The number of hydrogen-bond acceptors (Lipinski definition) is 3. The fourth-order valence-corrected chi connectivity index (χ4v) is 2.76. The zero-order chi connectivity index (χ0) is 14.5. The lowest BCUT2D eigenvalue weighted by Crippen LogP contribution is -2.23. The van der Waals surface area contributed by atoms with E-state index in [1.807, 2.05) is 7.05 Å². The summed E-state index contributed by atoms with van der Waals surface area (Å²) >= 11 is 0. The first-order valence-corrected chi connectivity index (χ1v) is 7.90. The molecule has 1 heterocycles. The van der Waals surface area contributed by atoms with E-state index in [1.165, 1.54) is 18.4 Å². The van der Waals surface area contributed by atoms with Gasteiger partial charge in [-0.2, -0.15) is 0 Å². The Morgan fingerprint density at radius 3 is 2.55 bits per heavy atom. The van der Waals surface area contributed by atoms with Crippen molar-refractivity contribution in [3.05, 3.63) is 23.4 Å². The number of hydrogen-bond donors (Lipinski definition) is 1. The highest BCUT2D eigenvalue weighted by molar-refractivity contribution is 5.27. The first-order valence-electron chi connectivity index (χ1n) is 7.90. The predicted molar refractivity (Wildman–Crippen MR) is 83.1 cm³/mol. The Hall–Kier alpha value is -1.09. The first kappa shape index (κ1) is 15.3. The van der Waals surface area contributed by atoms with Gasteiger partial charge >= 0.3 is 0 Å². The van der Waals surface area contributed by atoms with E-state index in [4.69, 9.17) is 4.74 Å². The monoisotopic (exact) mass is 276 g/mol. The molecule has 1 N–H and O–H groups in total. The molecule has 0 unspecified atom stereocenters. The Bertz CT molecular complexity index is 423. The van der Waals surface area contributed by atoms with Crippen molar-refractivity contribution in [1.82, 2.24) is 10.3 Å². The Balaban J connectivity index is 2.09. The van der Waals surface area contributed by atoms with Crippen LogP contribution in [0, 0.1) is 5.92 Å². The molecule has 1 aromatic heterocycles. The zero-order valence-electron chi connectivity index (χ0n) is 13.3. The molecule has 20 heavy (non-hydrogen) atoms. The van der Waals surface area contributed by atoms with Gasteiger partial charge in [0.2, 0.25) is 5.88 Å². The molecule has 3 nitrogen and oxygen atoms in total. The van der Waals surface area contributed by atoms with E-state index in [1.54, 1.807) is 0 Å². The summed E-state index contributed by atoms with van der Waals surface area (Å²) in [6.45, 7) is 7.55. The van der Waals surface area contributed by atoms with E-state index < -0.39 is 0 Å². The van der Waals surface area contributed by atoms with Crippen LogP contribution in [0.15, 0.2) is 12.1 Å². The molecule has 0 aliphatic heterocycles. The van der Waals surface area contributed by atoms with E-state index in [9.17, 15) is 0 Å². The maximum Gasteiger partial charge on any atom is 0.214 e. The summed E-state index contributed by atoms with van der Waals surface area (Å²) < 4.78 is 6.14. The Morgan fingerprint density at radius 1 is 1.25 bits per heavy atom. The molecule has 1 aliphatic carbocycles. The van der Waals surface area contributed by atoms with Crippen molar-refractivity contribution in [2.45, 2.75) is 65.0 Å². The van der Waals surface area contributed by atoms with Crippen LogP contribution in [0.4, 0.5) is 0 Å². The second-order valence-corrected chi connectivity index (χ2v) is 6.42. The Kier molecular flexibility index (Phi) is 5.41. The fraction of sp³-hybridized carbons (Fsp3) is 0.706. The molecule has 1 saturated carbocycles. The van der Waals surface area contributed by atoms with Crippen LogP contribution in [0.5, 0.6) is 5.88 Å². The maximum absolute atomic E-state index is 6.14. The minimum Gasteiger partial charge on any atom is -0.474 e. The van der Waals surface area contributed by atoms with Crippen LogP contribution >= 0.6 is 0 Å². The van der Waals surface area contributed by atoms with E-state index in [0.717, 1.165) is 36.9 Å². The van der Waals surface area contributed by atoms with Crippen molar-refractivity contribution >= 4 is 0 Å². The molecule has 2 rings (SSSR count). The molecule has 0 spiro atoms. The largest absolute Gasteiger partial charge is 0.474 e. The van der Waals surface area contributed by atoms with Crippen LogP contribution in [-0.4, -0.2) is 18.1 Å². The molecule has 1 fully saturated rings. The third kappa shape index (κ3) is 4.20. The fourth-order valence-electron chi connectivity index (χ4n) is 2.76. The van der Waals surface area contributed by atoms with Gasteiger partial charge in [0, 0.05) is 18.3 Å². The summed E-state index contributed by atoms with van der Waals surface area (Å²) in [5, 5.41) is 3.20. The minimum atomic E-state index is 0.351. The summed E-state index contributed by atoms with van der Waals surface area (Å²) in [7, 11) is 1.97. The second kappa shape index (κ2) is 7.07. The summed E-state index contributed by atoms with van der Waals surface area (Å²) in [6.07, 6.45) is 5.23. The van der Waals surface area contributed by atoms with Gasteiger partial charge in [0.1, 0.15) is 6.10 Å². The van der Waals surface area contributed by atoms with Crippen LogP contribution in [-0.2, 0) is 6.54 Å². The summed E-state index contributed by atoms with van der Waals surface area (Å²) in [5.41, 5.74) is 2.38. The molecule has 1 aromatic rings. The van der Waals surface area contributed by atoms with Gasteiger partial charge < -0.3 is 10.1 Å². The van der Waals surface area contributed by atoms with Crippen LogP contribution in [0.3, 0.4) is 0 Å². The highest BCUT2D eigenvalue weighted by Crippen LogP contribution is 2.27.